The summed E-state index contributed by atoms with van der Waals surface area (Å²) >= 11 is 0. The fourth-order valence-corrected chi connectivity index (χ4v) is 2.97. The number of methoxy groups -OCH3 is 4. The summed E-state index contributed by atoms with van der Waals surface area (Å²) in [6.07, 6.45) is 0. The Labute approximate surface area is 189 Å². The molecule has 0 aromatic heterocycles. The molecule has 0 N–H and O–H groups in total. The molecule has 0 spiro atoms. The van der Waals surface area contributed by atoms with E-state index >= 15 is 0 Å². The van der Waals surface area contributed by atoms with Crippen molar-refractivity contribution in [3.05, 3.63) is 77.9 Å². The smallest absolute Gasteiger partial charge is 0.353 e. The first-order valence-corrected chi connectivity index (χ1v) is 10.0. The van der Waals surface area contributed by atoms with Crippen LogP contribution in [0.1, 0.15) is 20.7 Å². The van der Waals surface area contributed by atoms with Crippen LogP contribution in [0.15, 0.2) is 66.7 Å². The number of hydrogen-bond donors (Lipinski definition) is 0. The molecule has 3 rings (SSSR count). The highest BCUT2D eigenvalue weighted by atomic mass is 31.0. The van der Waals surface area contributed by atoms with Crippen molar-refractivity contribution in [2.75, 3.05) is 28.4 Å². The molecule has 1 unspecified atom stereocenters. The first-order valence-electron chi connectivity index (χ1n) is 9.45. The van der Waals surface area contributed by atoms with E-state index in [9.17, 15) is 9.59 Å². The van der Waals surface area contributed by atoms with Crippen molar-refractivity contribution in [3.63, 3.8) is 0 Å². The lowest BCUT2D eigenvalue weighted by Crippen LogP contribution is -2.16. The molecule has 168 valence electrons. The van der Waals surface area contributed by atoms with Crippen molar-refractivity contribution < 1.29 is 33.3 Å². The molecule has 0 aliphatic rings. The van der Waals surface area contributed by atoms with Crippen LogP contribution in [0.5, 0.6) is 23.0 Å². The molecule has 7 nitrogen and oxygen atoms in total. The van der Waals surface area contributed by atoms with Crippen LogP contribution in [0.25, 0.3) is 0 Å². The molecule has 0 saturated heterocycles. The second-order valence-electron chi connectivity index (χ2n) is 6.16. The topological polar surface area (TPSA) is 80.3 Å². The lowest BCUT2D eigenvalue weighted by molar-refractivity contribution is 0.0390. The summed E-state index contributed by atoms with van der Waals surface area (Å²) in [7, 11) is 8.23. The fraction of sp³-hybridized carbons (Fsp3) is 0.167. The normalized spacial score (nSPS) is 9.66. The molecule has 0 fully saturated rings. The van der Waals surface area contributed by atoms with E-state index in [4.69, 9.17) is 23.7 Å². The second-order valence-corrected chi connectivity index (χ2v) is 6.83. The van der Waals surface area contributed by atoms with Gasteiger partial charge in [-0.05, 0) is 29.6 Å². The fourth-order valence-electron chi connectivity index (χ4n) is 2.74. The summed E-state index contributed by atoms with van der Waals surface area (Å²) in [5, 5.41) is 1.24. The van der Waals surface area contributed by atoms with Gasteiger partial charge in [0, 0.05) is 0 Å². The maximum Gasteiger partial charge on any atom is 0.353 e. The molecule has 3 aromatic rings. The Balaban J connectivity index is 0.000000439. The Morgan fingerprint density at radius 2 is 0.906 bits per heavy atom. The number of carbonyl (C=O) groups excluding carboxylic acids is 2. The summed E-state index contributed by atoms with van der Waals surface area (Å²) in [5.74, 6) is -0.916. The van der Waals surface area contributed by atoms with Crippen LogP contribution < -0.4 is 24.3 Å². The molecule has 0 saturated carbocycles. The highest BCUT2D eigenvalue weighted by Gasteiger charge is 2.26. The molecular weight excluding hydrogens is 431 g/mol. The zero-order chi connectivity index (χ0) is 23.5. The van der Waals surface area contributed by atoms with Crippen LogP contribution in [0.4, 0.5) is 0 Å². The third-order valence-corrected chi connectivity index (χ3v) is 4.63. The van der Waals surface area contributed by atoms with E-state index in [0.29, 0.717) is 0 Å². The molecule has 0 aliphatic carbocycles. The van der Waals surface area contributed by atoms with Crippen LogP contribution in [0, 0.1) is 0 Å². The summed E-state index contributed by atoms with van der Waals surface area (Å²) in [4.78, 5) is 25.0. The average Bonchev–Trinajstić information content (AvgIpc) is 2.83. The number of rotatable bonds is 6. The SMILES string of the molecule is COc1cccc(OC)c1C(=O)OC(=O)c1c(OC)cccc1OC.Pc1ccccc1. The number of esters is 2. The summed E-state index contributed by atoms with van der Waals surface area (Å²) in [6.45, 7) is 0. The van der Waals surface area contributed by atoms with Gasteiger partial charge < -0.3 is 23.7 Å². The summed E-state index contributed by atoms with van der Waals surface area (Å²) in [6, 6.07) is 19.7. The third-order valence-electron chi connectivity index (χ3n) is 4.25. The van der Waals surface area contributed by atoms with Gasteiger partial charge in [0.05, 0.1) is 28.4 Å². The first kappa shape index (κ1) is 24.7. The van der Waals surface area contributed by atoms with E-state index in [1.165, 1.54) is 33.7 Å². The van der Waals surface area contributed by atoms with Crippen molar-refractivity contribution >= 4 is 26.5 Å². The monoisotopic (exact) mass is 456 g/mol. The lowest BCUT2D eigenvalue weighted by atomic mass is 10.1. The number of hydrogen-bond acceptors (Lipinski definition) is 7. The number of carbonyl (C=O) groups is 2. The Morgan fingerprint density at radius 1 is 0.562 bits per heavy atom. The van der Waals surface area contributed by atoms with Gasteiger partial charge in [-0.3, -0.25) is 0 Å². The van der Waals surface area contributed by atoms with Crippen LogP contribution >= 0.6 is 9.24 Å². The van der Waals surface area contributed by atoms with Gasteiger partial charge >= 0.3 is 11.9 Å². The van der Waals surface area contributed by atoms with Gasteiger partial charge in [-0.25, -0.2) is 9.59 Å². The van der Waals surface area contributed by atoms with Crippen molar-refractivity contribution in [2.24, 2.45) is 0 Å². The standard InChI is InChI=1S/C18H18O7.C6H7P/c1-21-11-7-5-8-12(22-2)15(11)17(19)25-18(20)16-13(23-3)9-6-10-14(16)24-4;7-6-4-2-1-3-5-6/h5-10H,1-4H3;1-5H,7H2. The zero-order valence-corrected chi connectivity index (χ0v) is 19.4. The summed E-state index contributed by atoms with van der Waals surface area (Å²) < 4.78 is 25.6. The van der Waals surface area contributed by atoms with Crippen molar-refractivity contribution in [2.45, 2.75) is 0 Å². The van der Waals surface area contributed by atoms with Gasteiger partial charge in [0.1, 0.15) is 34.1 Å². The van der Waals surface area contributed by atoms with E-state index in [0.717, 1.165) is 0 Å². The minimum absolute atomic E-state index is 0.00900. The Bertz CT molecular complexity index is 941. The van der Waals surface area contributed by atoms with Gasteiger partial charge in [0.15, 0.2) is 0 Å². The predicted octanol–water partition coefficient (Wildman–Crippen LogP) is 3.91. The van der Waals surface area contributed by atoms with Gasteiger partial charge in [-0.2, -0.15) is 0 Å². The molecule has 1 atom stereocenters. The van der Waals surface area contributed by atoms with Gasteiger partial charge in [-0.1, -0.05) is 42.5 Å². The molecule has 0 aliphatic heterocycles. The first-order chi connectivity index (χ1) is 15.5. The summed E-state index contributed by atoms with van der Waals surface area (Å²) in [5.41, 5.74) is 0.0180. The molecule has 0 heterocycles. The van der Waals surface area contributed by atoms with E-state index in [2.05, 4.69) is 9.24 Å². The van der Waals surface area contributed by atoms with Crippen LogP contribution in [0.3, 0.4) is 0 Å². The predicted molar refractivity (Wildman–Crippen MR) is 125 cm³/mol. The highest BCUT2D eigenvalue weighted by molar-refractivity contribution is 7.27. The van der Waals surface area contributed by atoms with Crippen molar-refractivity contribution in [3.8, 4) is 23.0 Å². The number of ether oxygens (including phenoxy) is 5. The van der Waals surface area contributed by atoms with Crippen LogP contribution in [-0.4, -0.2) is 40.4 Å². The van der Waals surface area contributed by atoms with Gasteiger partial charge in [0.2, 0.25) is 0 Å². The van der Waals surface area contributed by atoms with E-state index in [-0.39, 0.29) is 34.1 Å². The lowest BCUT2D eigenvalue weighted by Gasteiger charge is -2.14. The Hall–Kier alpha value is -3.57. The zero-order valence-electron chi connectivity index (χ0n) is 18.3. The van der Waals surface area contributed by atoms with E-state index < -0.39 is 11.9 Å². The Morgan fingerprint density at radius 3 is 1.16 bits per heavy atom. The van der Waals surface area contributed by atoms with Gasteiger partial charge in [0.25, 0.3) is 0 Å². The maximum atomic E-state index is 12.5. The van der Waals surface area contributed by atoms with E-state index in [1.807, 2.05) is 30.3 Å². The third kappa shape index (κ3) is 6.22. The van der Waals surface area contributed by atoms with Crippen LogP contribution in [0.2, 0.25) is 0 Å². The molecule has 32 heavy (non-hydrogen) atoms. The quantitative estimate of drug-likeness (QED) is 0.316. The second kappa shape index (κ2) is 12.3. The van der Waals surface area contributed by atoms with Gasteiger partial charge in [-0.15, -0.1) is 9.24 Å². The highest BCUT2D eigenvalue weighted by Crippen LogP contribution is 2.32. The van der Waals surface area contributed by atoms with Crippen molar-refractivity contribution in [1.29, 1.82) is 0 Å². The van der Waals surface area contributed by atoms with E-state index in [1.54, 1.807) is 36.4 Å². The van der Waals surface area contributed by atoms with Crippen molar-refractivity contribution in [1.82, 2.24) is 0 Å². The Kier molecular flexibility index (Phi) is 9.51. The minimum atomic E-state index is -0.910. The molecule has 3 aromatic carbocycles. The minimum Gasteiger partial charge on any atom is -0.496 e. The molecular formula is C24H25O7P. The molecule has 0 amide bonds. The molecule has 8 heteroatoms. The molecule has 0 bridgehead atoms. The molecule has 0 radical (unpaired) electrons. The maximum absolute atomic E-state index is 12.5. The largest absolute Gasteiger partial charge is 0.496 e. The average molecular weight is 456 g/mol. The number of benzene rings is 3. The van der Waals surface area contributed by atoms with Crippen LogP contribution in [-0.2, 0) is 4.74 Å².